The molecule has 0 saturated carbocycles. The van der Waals surface area contributed by atoms with Gasteiger partial charge in [0.15, 0.2) is 0 Å². The number of rotatable bonds is 7. The predicted octanol–water partition coefficient (Wildman–Crippen LogP) is 3.51. The average molecular weight is 377 g/mol. The summed E-state index contributed by atoms with van der Waals surface area (Å²) in [5.41, 5.74) is 2.98. The number of benzene rings is 2. The van der Waals surface area contributed by atoms with Crippen molar-refractivity contribution in [1.29, 1.82) is 0 Å². The number of carbonyl (C=O) groups excluding carboxylic acids is 1. The molecule has 1 heterocycles. The maximum absolute atomic E-state index is 12.7. The zero-order valence-corrected chi connectivity index (χ0v) is 16.1. The number of hydrogen-bond donors (Lipinski definition) is 3. The van der Waals surface area contributed by atoms with Gasteiger partial charge in [-0.15, -0.1) is 0 Å². The summed E-state index contributed by atoms with van der Waals surface area (Å²) in [6, 6.07) is 16.9. The lowest BCUT2D eigenvalue weighted by Crippen LogP contribution is -2.23. The molecular formula is C21H23N5O2. The van der Waals surface area contributed by atoms with Crippen LogP contribution in [0.15, 0.2) is 54.6 Å². The van der Waals surface area contributed by atoms with E-state index >= 15 is 0 Å². The summed E-state index contributed by atoms with van der Waals surface area (Å²) in [4.78, 5) is 21.4. The van der Waals surface area contributed by atoms with Crippen LogP contribution in [0.4, 0.5) is 17.5 Å². The molecular weight excluding hydrogens is 354 g/mol. The number of amides is 1. The quantitative estimate of drug-likeness (QED) is 0.584. The first-order valence-electron chi connectivity index (χ1n) is 8.89. The Labute approximate surface area is 164 Å². The normalized spacial score (nSPS) is 10.2. The van der Waals surface area contributed by atoms with Gasteiger partial charge in [-0.3, -0.25) is 4.79 Å². The van der Waals surface area contributed by atoms with E-state index in [-0.39, 0.29) is 5.91 Å². The van der Waals surface area contributed by atoms with Gasteiger partial charge in [0, 0.05) is 31.0 Å². The second-order valence-electron chi connectivity index (χ2n) is 6.18. The Hall–Kier alpha value is -3.61. The van der Waals surface area contributed by atoms with Crippen LogP contribution in [-0.2, 0) is 6.54 Å². The predicted molar refractivity (Wildman–Crippen MR) is 110 cm³/mol. The summed E-state index contributed by atoms with van der Waals surface area (Å²) < 4.78 is 5.35. The number of hydrogen-bond acceptors (Lipinski definition) is 6. The third kappa shape index (κ3) is 4.76. The Kier molecular flexibility index (Phi) is 6.06. The molecule has 7 heteroatoms. The van der Waals surface area contributed by atoms with Gasteiger partial charge >= 0.3 is 0 Å². The molecule has 0 atom stereocenters. The largest absolute Gasteiger partial charge is 0.496 e. The highest BCUT2D eigenvalue weighted by Crippen LogP contribution is 2.24. The summed E-state index contributed by atoms with van der Waals surface area (Å²) in [7, 11) is 3.34. The highest BCUT2D eigenvalue weighted by molar-refractivity contribution is 5.98. The van der Waals surface area contributed by atoms with Crippen LogP contribution in [0, 0.1) is 6.92 Å². The Morgan fingerprint density at radius 1 is 1.07 bits per heavy atom. The minimum Gasteiger partial charge on any atom is -0.496 e. The first-order valence-corrected chi connectivity index (χ1v) is 8.89. The van der Waals surface area contributed by atoms with E-state index in [1.165, 1.54) is 0 Å². The van der Waals surface area contributed by atoms with E-state index in [0.717, 1.165) is 11.3 Å². The monoisotopic (exact) mass is 377 g/mol. The van der Waals surface area contributed by atoms with Crippen molar-refractivity contribution in [2.45, 2.75) is 13.5 Å². The van der Waals surface area contributed by atoms with E-state index in [1.54, 1.807) is 26.3 Å². The van der Waals surface area contributed by atoms with E-state index in [0.29, 0.717) is 35.3 Å². The smallest absolute Gasteiger partial charge is 0.255 e. The third-order valence-corrected chi connectivity index (χ3v) is 4.11. The fraction of sp³-hybridized carbons (Fsp3) is 0.190. The number of anilines is 3. The Balaban J connectivity index is 1.79. The van der Waals surface area contributed by atoms with Crippen molar-refractivity contribution >= 4 is 23.4 Å². The first-order chi connectivity index (χ1) is 13.6. The van der Waals surface area contributed by atoms with Gasteiger partial charge in [0.25, 0.3) is 5.91 Å². The molecule has 3 rings (SSSR count). The maximum atomic E-state index is 12.7. The lowest BCUT2D eigenvalue weighted by molar-refractivity contribution is 0.0948. The van der Waals surface area contributed by atoms with E-state index in [1.807, 2.05) is 49.4 Å². The zero-order valence-electron chi connectivity index (χ0n) is 16.1. The second-order valence-corrected chi connectivity index (χ2v) is 6.18. The van der Waals surface area contributed by atoms with Crippen LogP contribution < -0.4 is 20.7 Å². The number of methoxy groups -OCH3 is 1. The molecule has 0 saturated heterocycles. The van der Waals surface area contributed by atoms with E-state index in [2.05, 4.69) is 25.9 Å². The Morgan fingerprint density at radius 3 is 2.57 bits per heavy atom. The van der Waals surface area contributed by atoms with Crippen LogP contribution >= 0.6 is 0 Å². The fourth-order valence-corrected chi connectivity index (χ4v) is 2.72. The molecule has 7 nitrogen and oxygen atoms in total. The van der Waals surface area contributed by atoms with E-state index < -0.39 is 0 Å². The number of ether oxygens (including phenoxy) is 1. The fourth-order valence-electron chi connectivity index (χ4n) is 2.72. The molecule has 1 amide bonds. The SMILES string of the molecule is CNc1cc(C)nc(Nc2ccc(OC)c(C(=O)NCc3ccccc3)c2)n1. The van der Waals surface area contributed by atoms with Gasteiger partial charge in [0.2, 0.25) is 5.95 Å². The van der Waals surface area contributed by atoms with Crippen molar-refractivity contribution in [3.63, 3.8) is 0 Å². The van der Waals surface area contributed by atoms with Crippen molar-refractivity contribution in [3.05, 3.63) is 71.4 Å². The lowest BCUT2D eigenvalue weighted by atomic mass is 10.1. The summed E-state index contributed by atoms with van der Waals surface area (Å²) in [5.74, 6) is 1.44. The molecule has 144 valence electrons. The molecule has 0 spiro atoms. The van der Waals surface area contributed by atoms with Gasteiger partial charge in [0.05, 0.1) is 12.7 Å². The second kappa shape index (κ2) is 8.85. The van der Waals surface area contributed by atoms with Gasteiger partial charge in [-0.05, 0) is 30.7 Å². The minimum atomic E-state index is -0.217. The molecule has 0 unspecified atom stereocenters. The van der Waals surface area contributed by atoms with Crippen LogP contribution in [0.3, 0.4) is 0 Å². The molecule has 0 bridgehead atoms. The van der Waals surface area contributed by atoms with Crippen molar-refractivity contribution in [1.82, 2.24) is 15.3 Å². The summed E-state index contributed by atoms with van der Waals surface area (Å²) in [5, 5.41) is 9.06. The van der Waals surface area contributed by atoms with Crippen LogP contribution in [0.2, 0.25) is 0 Å². The van der Waals surface area contributed by atoms with Crippen LogP contribution in [0.5, 0.6) is 5.75 Å². The van der Waals surface area contributed by atoms with Gasteiger partial charge in [-0.25, -0.2) is 4.98 Å². The van der Waals surface area contributed by atoms with Gasteiger partial charge in [-0.2, -0.15) is 4.98 Å². The van der Waals surface area contributed by atoms with Crippen molar-refractivity contribution in [2.24, 2.45) is 0 Å². The minimum absolute atomic E-state index is 0.217. The van der Waals surface area contributed by atoms with Crippen LogP contribution in [-0.4, -0.2) is 30.0 Å². The van der Waals surface area contributed by atoms with Gasteiger partial charge in [-0.1, -0.05) is 30.3 Å². The first kappa shape index (κ1) is 19.2. The number of aryl methyl sites for hydroxylation is 1. The number of nitrogens with one attached hydrogen (secondary N) is 3. The van der Waals surface area contributed by atoms with Crippen molar-refractivity contribution < 1.29 is 9.53 Å². The number of aromatic nitrogens is 2. The zero-order chi connectivity index (χ0) is 19.9. The maximum Gasteiger partial charge on any atom is 0.255 e. The third-order valence-electron chi connectivity index (χ3n) is 4.11. The lowest BCUT2D eigenvalue weighted by Gasteiger charge is -2.13. The van der Waals surface area contributed by atoms with Crippen molar-refractivity contribution in [3.8, 4) is 5.75 Å². The van der Waals surface area contributed by atoms with Gasteiger partial charge < -0.3 is 20.7 Å². The molecule has 3 N–H and O–H groups in total. The van der Waals surface area contributed by atoms with Crippen molar-refractivity contribution in [2.75, 3.05) is 24.8 Å². The van der Waals surface area contributed by atoms with Crippen LogP contribution in [0.25, 0.3) is 0 Å². The average Bonchev–Trinajstić information content (AvgIpc) is 2.72. The van der Waals surface area contributed by atoms with E-state index in [9.17, 15) is 4.79 Å². The standard InChI is InChI=1S/C21H23N5O2/c1-14-11-19(22-2)26-21(24-14)25-16-9-10-18(28-3)17(12-16)20(27)23-13-15-7-5-4-6-8-15/h4-12H,13H2,1-3H3,(H,23,27)(H2,22,24,25,26). The summed E-state index contributed by atoms with van der Waals surface area (Å²) in [6.07, 6.45) is 0. The molecule has 2 aromatic carbocycles. The Morgan fingerprint density at radius 2 is 1.86 bits per heavy atom. The molecule has 28 heavy (non-hydrogen) atoms. The number of nitrogens with zero attached hydrogens (tertiary/aromatic N) is 2. The highest BCUT2D eigenvalue weighted by Gasteiger charge is 2.14. The number of carbonyl (C=O) groups is 1. The topological polar surface area (TPSA) is 88.2 Å². The summed E-state index contributed by atoms with van der Waals surface area (Å²) >= 11 is 0. The molecule has 1 aromatic heterocycles. The molecule has 0 aliphatic carbocycles. The van der Waals surface area contributed by atoms with Crippen LogP contribution in [0.1, 0.15) is 21.6 Å². The molecule has 0 aliphatic rings. The molecule has 3 aromatic rings. The molecule has 0 aliphatic heterocycles. The molecule has 0 fully saturated rings. The highest BCUT2D eigenvalue weighted by atomic mass is 16.5. The van der Waals surface area contributed by atoms with E-state index in [4.69, 9.17) is 4.74 Å². The molecule has 0 radical (unpaired) electrons. The summed E-state index contributed by atoms with van der Waals surface area (Å²) in [6.45, 7) is 2.33. The van der Waals surface area contributed by atoms with Gasteiger partial charge in [0.1, 0.15) is 11.6 Å². The Bertz CT molecular complexity index is 960.